The van der Waals surface area contributed by atoms with Crippen molar-refractivity contribution in [3.05, 3.63) is 35.4 Å². The number of nitrogens with zero attached hydrogens (tertiary/aromatic N) is 1. The van der Waals surface area contributed by atoms with Crippen LogP contribution in [0.5, 0.6) is 0 Å². The Morgan fingerprint density at radius 1 is 1.22 bits per heavy atom. The Hall–Kier alpha value is -0.780. The van der Waals surface area contributed by atoms with E-state index in [2.05, 4.69) is 60.7 Å². The van der Waals surface area contributed by atoms with Crippen molar-refractivity contribution in [1.29, 1.82) is 0 Å². The average Bonchev–Trinajstić information content (AvgIpc) is 2.33. The van der Waals surface area contributed by atoms with Gasteiger partial charge in [-0.1, -0.05) is 36.8 Å². The molecule has 0 saturated carbocycles. The van der Waals surface area contributed by atoms with Crippen molar-refractivity contribution >= 4 is 29.9 Å². The molecule has 18 heavy (non-hydrogen) atoms. The summed E-state index contributed by atoms with van der Waals surface area (Å²) in [5, 5.41) is 6.54. The van der Waals surface area contributed by atoms with Gasteiger partial charge in [-0.25, -0.2) is 4.99 Å². The van der Waals surface area contributed by atoms with E-state index in [1.807, 2.05) is 0 Å². The van der Waals surface area contributed by atoms with E-state index in [9.17, 15) is 0 Å². The number of benzene rings is 1. The fourth-order valence-electron chi connectivity index (χ4n) is 1.57. The molecular weight excluding hydrogens is 337 g/mol. The molecule has 4 heteroatoms. The van der Waals surface area contributed by atoms with Crippen LogP contribution in [-0.4, -0.2) is 19.0 Å². The first-order chi connectivity index (χ1) is 8.26. The maximum atomic E-state index is 4.56. The van der Waals surface area contributed by atoms with Crippen molar-refractivity contribution in [2.75, 3.05) is 13.1 Å². The number of aliphatic imine (C=N–C) groups is 1. The van der Waals surface area contributed by atoms with Gasteiger partial charge in [-0.2, -0.15) is 0 Å². The van der Waals surface area contributed by atoms with Crippen LogP contribution in [0.15, 0.2) is 29.3 Å². The van der Waals surface area contributed by atoms with Crippen molar-refractivity contribution < 1.29 is 0 Å². The maximum absolute atomic E-state index is 4.56. The standard InChI is InChI=1S/C14H23N3.HI/c1-4-9-16-14(15-5-2)17-11-13-8-6-7-12(3)10-13;/h6-8,10H,4-5,9,11H2,1-3H3,(H2,15,16,17);1H. The summed E-state index contributed by atoms with van der Waals surface area (Å²) >= 11 is 0. The zero-order chi connectivity index (χ0) is 12.5. The zero-order valence-corrected chi connectivity index (χ0v) is 13.8. The third-order valence-corrected chi connectivity index (χ3v) is 2.39. The second-order valence-corrected chi connectivity index (χ2v) is 4.11. The first-order valence-electron chi connectivity index (χ1n) is 6.34. The lowest BCUT2D eigenvalue weighted by Crippen LogP contribution is -2.37. The van der Waals surface area contributed by atoms with Crippen LogP contribution in [0.2, 0.25) is 0 Å². The fourth-order valence-corrected chi connectivity index (χ4v) is 1.57. The maximum Gasteiger partial charge on any atom is 0.191 e. The lowest BCUT2D eigenvalue weighted by Gasteiger charge is -2.10. The molecule has 3 nitrogen and oxygen atoms in total. The van der Waals surface area contributed by atoms with Crippen LogP contribution in [0.1, 0.15) is 31.4 Å². The Balaban J connectivity index is 0.00000289. The monoisotopic (exact) mass is 361 g/mol. The van der Waals surface area contributed by atoms with Crippen molar-refractivity contribution in [1.82, 2.24) is 10.6 Å². The van der Waals surface area contributed by atoms with E-state index in [1.54, 1.807) is 0 Å². The summed E-state index contributed by atoms with van der Waals surface area (Å²) in [6.45, 7) is 8.91. The molecule has 2 N–H and O–H groups in total. The molecule has 0 spiro atoms. The van der Waals surface area contributed by atoms with Crippen LogP contribution in [0, 0.1) is 6.92 Å². The molecule has 1 aromatic rings. The molecule has 1 rings (SSSR count). The summed E-state index contributed by atoms with van der Waals surface area (Å²) in [7, 11) is 0. The van der Waals surface area contributed by atoms with Crippen LogP contribution in [0.3, 0.4) is 0 Å². The Bertz CT molecular complexity index is 364. The normalized spacial score (nSPS) is 10.7. The summed E-state index contributed by atoms with van der Waals surface area (Å²) in [5.41, 5.74) is 2.53. The van der Waals surface area contributed by atoms with E-state index >= 15 is 0 Å². The number of nitrogens with one attached hydrogen (secondary N) is 2. The lowest BCUT2D eigenvalue weighted by atomic mass is 10.1. The summed E-state index contributed by atoms with van der Waals surface area (Å²) < 4.78 is 0. The second kappa shape index (κ2) is 10.2. The molecule has 0 fully saturated rings. The molecule has 0 amide bonds. The number of rotatable bonds is 5. The molecule has 1 aromatic carbocycles. The van der Waals surface area contributed by atoms with Gasteiger partial charge in [0.2, 0.25) is 0 Å². The van der Waals surface area contributed by atoms with Gasteiger partial charge < -0.3 is 10.6 Å². The number of aryl methyl sites for hydroxylation is 1. The average molecular weight is 361 g/mol. The van der Waals surface area contributed by atoms with Crippen LogP contribution in [-0.2, 0) is 6.54 Å². The van der Waals surface area contributed by atoms with Crippen molar-refractivity contribution in [3.8, 4) is 0 Å². The molecule has 0 heterocycles. The Labute approximate surface area is 127 Å². The van der Waals surface area contributed by atoms with Crippen LogP contribution < -0.4 is 10.6 Å². The number of hydrogen-bond acceptors (Lipinski definition) is 1. The fraction of sp³-hybridized carbons (Fsp3) is 0.500. The van der Waals surface area contributed by atoms with E-state index in [0.717, 1.165) is 32.0 Å². The highest BCUT2D eigenvalue weighted by molar-refractivity contribution is 14.0. The van der Waals surface area contributed by atoms with Gasteiger partial charge in [-0.3, -0.25) is 0 Å². The van der Waals surface area contributed by atoms with E-state index < -0.39 is 0 Å². The molecule has 0 saturated heterocycles. The van der Waals surface area contributed by atoms with Crippen LogP contribution >= 0.6 is 24.0 Å². The van der Waals surface area contributed by atoms with Gasteiger partial charge in [0, 0.05) is 13.1 Å². The predicted molar refractivity (Wildman–Crippen MR) is 89.7 cm³/mol. The van der Waals surface area contributed by atoms with E-state index in [4.69, 9.17) is 0 Å². The smallest absolute Gasteiger partial charge is 0.191 e. The molecule has 0 unspecified atom stereocenters. The summed E-state index contributed by atoms with van der Waals surface area (Å²) in [5.74, 6) is 0.899. The molecular formula is C14H24IN3. The number of halogens is 1. The molecule has 0 atom stereocenters. The molecule has 0 aliphatic rings. The summed E-state index contributed by atoms with van der Waals surface area (Å²) in [6.07, 6.45) is 1.11. The van der Waals surface area contributed by atoms with Gasteiger partial charge in [-0.15, -0.1) is 24.0 Å². The largest absolute Gasteiger partial charge is 0.357 e. The highest BCUT2D eigenvalue weighted by atomic mass is 127. The van der Waals surface area contributed by atoms with Gasteiger partial charge in [0.1, 0.15) is 0 Å². The molecule has 0 aromatic heterocycles. The van der Waals surface area contributed by atoms with Crippen molar-refractivity contribution in [2.24, 2.45) is 4.99 Å². The van der Waals surface area contributed by atoms with Crippen LogP contribution in [0.4, 0.5) is 0 Å². The predicted octanol–water partition coefficient (Wildman–Crippen LogP) is 3.08. The Morgan fingerprint density at radius 2 is 2.00 bits per heavy atom. The van der Waals surface area contributed by atoms with Gasteiger partial charge >= 0.3 is 0 Å². The van der Waals surface area contributed by atoms with E-state index in [1.165, 1.54) is 11.1 Å². The van der Waals surface area contributed by atoms with Gasteiger partial charge in [0.15, 0.2) is 5.96 Å². The summed E-state index contributed by atoms with van der Waals surface area (Å²) in [6, 6.07) is 8.47. The molecule has 0 bridgehead atoms. The van der Waals surface area contributed by atoms with Crippen molar-refractivity contribution in [3.63, 3.8) is 0 Å². The third kappa shape index (κ3) is 6.83. The van der Waals surface area contributed by atoms with E-state index in [-0.39, 0.29) is 24.0 Å². The van der Waals surface area contributed by atoms with Gasteiger partial charge in [0.05, 0.1) is 6.54 Å². The minimum atomic E-state index is 0. The minimum absolute atomic E-state index is 0. The first-order valence-corrected chi connectivity index (χ1v) is 6.34. The molecule has 0 aliphatic heterocycles. The third-order valence-electron chi connectivity index (χ3n) is 2.39. The van der Waals surface area contributed by atoms with Gasteiger partial charge in [0.25, 0.3) is 0 Å². The number of guanidine groups is 1. The Morgan fingerprint density at radius 3 is 2.61 bits per heavy atom. The van der Waals surface area contributed by atoms with Gasteiger partial charge in [-0.05, 0) is 25.8 Å². The minimum Gasteiger partial charge on any atom is -0.357 e. The van der Waals surface area contributed by atoms with Crippen LogP contribution in [0.25, 0.3) is 0 Å². The SMILES string of the molecule is CCCNC(=NCc1cccc(C)c1)NCC.I. The highest BCUT2D eigenvalue weighted by Gasteiger charge is 1.96. The molecule has 102 valence electrons. The topological polar surface area (TPSA) is 36.4 Å². The molecule has 0 aliphatic carbocycles. The number of hydrogen-bond donors (Lipinski definition) is 2. The summed E-state index contributed by atoms with van der Waals surface area (Å²) in [4.78, 5) is 4.56. The Kier molecular flexibility index (Phi) is 9.73. The lowest BCUT2D eigenvalue weighted by molar-refractivity contribution is 0.785. The highest BCUT2D eigenvalue weighted by Crippen LogP contribution is 2.04. The van der Waals surface area contributed by atoms with E-state index in [0.29, 0.717) is 0 Å². The van der Waals surface area contributed by atoms with Crippen molar-refractivity contribution in [2.45, 2.75) is 33.7 Å². The zero-order valence-electron chi connectivity index (χ0n) is 11.5. The first kappa shape index (κ1) is 17.2. The molecule has 0 radical (unpaired) electrons. The quantitative estimate of drug-likeness (QED) is 0.481. The second-order valence-electron chi connectivity index (χ2n) is 4.11.